The number of nitrogens with one attached hydrogen (secondary N) is 2. The topological polar surface area (TPSA) is 63.2 Å². The van der Waals surface area contributed by atoms with Crippen molar-refractivity contribution in [2.75, 3.05) is 24.3 Å². The quantitative estimate of drug-likeness (QED) is 0.658. The van der Waals surface area contributed by atoms with Gasteiger partial charge in [-0.3, -0.25) is 4.79 Å². The van der Waals surface area contributed by atoms with Gasteiger partial charge in [0.2, 0.25) is 0 Å². The van der Waals surface area contributed by atoms with Gasteiger partial charge in [0, 0.05) is 12.1 Å². The van der Waals surface area contributed by atoms with Crippen molar-refractivity contribution in [1.29, 1.82) is 0 Å². The van der Waals surface area contributed by atoms with E-state index >= 15 is 0 Å². The molecule has 0 saturated carbocycles. The summed E-state index contributed by atoms with van der Waals surface area (Å²) in [6, 6.07) is 19.2. The smallest absolute Gasteiger partial charge is 0.255 e. The van der Waals surface area contributed by atoms with E-state index < -0.39 is 0 Å². The highest BCUT2D eigenvalue weighted by Crippen LogP contribution is 2.15. The van der Waals surface area contributed by atoms with Crippen LogP contribution in [0.2, 0.25) is 0 Å². The van der Waals surface area contributed by atoms with Crippen LogP contribution >= 0.6 is 0 Å². The maximum absolute atomic E-state index is 12.3. The minimum absolute atomic E-state index is 0.131. The predicted molar refractivity (Wildman–Crippen MR) is 109 cm³/mol. The number of hydrogen-bond acceptors (Lipinski definition) is 4. The number of benzene rings is 2. The second-order valence-corrected chi connectivity index (χ2v) is 6.23. The Hall–Kier alpha value is -3.34. The third-order valence-electron chi connectivity index (χ3n) is 4.26. The van der Waals surface area contributed by atoms with Gasteiger partial charge in [0.25, 0.3) is 5.91 Å². The molecule has 0 unspecified atom stereocenters. The van der Waals surface area contributed by atoms with Crippen LogP contribution in [0.4, 0.5) is 11.5 Å². The van der Waals surface area contributed by atoms with Gasteiger partial charge in [-0.05, 0) is 54.8 Å². The molecule has 0 spiro atoms. The molecule has 2 N–H and O–H groups in total. The molecule has 5 nitrogen and oxygen atoms in total. The normalized spacial score (nSPS) is 10.3. The number of anilines is 2. The average molecular weight is 361 g/mol. The van der Waals surface area contributed by atoms with Crippen LogP contribution in [0.5, 0.6) is 5.75 Å². The Bertz CT molecular complexity index is 907. The molecule has 1 aromatic heterocycles. The second kappa shape index (κ2) is 8.85. The zero-order valence-electron chi connectivity index (χ0n) is 15.5. The van der Waals surface area contributed by atoms with Crippen LogP contribution in [0.3, 0.4) is 0 Å². The van der Waals surface area contributed by atoms with Gasteiger partial charge >= 0.3 is 0 Å². The van der Waals surface area contributed by atoms with Crippen LogP contribution in [0.1, 0.15) is 21.5 Å². The molecule has 1 heterocycles. The first-order valence-corrected chi connectivity index (χ1v) is 8.85. The van der Waals surface area contributed by atoms with Crippen LogP contribution in [-0.4, -0.2) is 24.5 Å². The molecule has 1 amide bonds. The van der Waals surface area contributed by atoms with E-state index in [0.29, 0.717) is 11.3 Å². The molecule has 0 aliphatic heterocycles. The number of amides is 1. The molecular formula is C22H23N3O2. The van der Waals surface area contributed by atoms with Crippen LogP contribution in [0, 0.1) is 6.92 Å². The molecule has 0 radical (unpaired) electrons. The minimum Gasteiger partial charge on any atom is -0.497 e. The molecule has 3 aromatic rings. The van der Waals surface area contributed by atoms with Crippen molar-refractivity contribution in [3.05, 3.63) is 83.6 Å². The van der Waals surface area contributed by atoms with Crippen molar-refractivity contribution in [3.63, 3.8) is 0 Å². The molecule has 5 heteroatoms. The van der Waals surface area contributed by atoms with Crippen molar-refractivity contribution in [2.45, 2.75) is 13.3 Å². The lowest BCUT2D eigenvalue weighted by atomic mass is 10.1. The molecule has 3 rings (SSSR count). The molecule has 0 bridgehead atoms. The van der Waals surface area contributed by atoms with Gasteiger partial charge in [-0.1, -0.05) is 30.3 Å². The highest BCUT2D eigenvalue weighted by Gasteiger charge is 2.08. The van der Waals surface area contributed by atoms with Crippen LogP contribution in [0.15, 0.2) is 66.9 Å². The summed E-state index contributed by atoms with van der Waals surface area (Å²) in [4.78, 5) is 16.7. The summed E-state index contributed by atoms with van der Waals surface area (Å²) in [5.41, 5.74) is 3.47. The molecular weight excluding hydrogens is 338 g/mol. The van der Waals surface area contributed by atoms with Crippen molar-refractivity contribution in [1.82, 2.24) is 4.98 Å². The van der Waals surface area contributed by atoms with Crippen molar-refractivity contribution >= 4 is 17.4 Å². The van der Waals surface area contributed by atoms with Crippen molar-refractivity contribution < 1.29 is 9.53 Å². The Kier molecular flexibility index (Phi) is 6.05. The SMILES string of the molecule is COc1cccc(CCNc2ccc(NC(=O)c3ccccc3C)cn2)c1. The molecule has 0 saturated heterocycles. The first kappa shape index (κ1) is 18.5. The van der Waals surface area contributed by atoms with Gasteiger partial charge in [-0.25, -0.2) is 4.98 Å². The van der Waals surface area contributed by atoms with Gasteiger partial charge in [-0.15, -0.1) is 0 Å². The Labute approximate surface area is 159 Å². The van der Waals surface area contributed by atoms with E-state index in [1.54, 1.807) is 13.3 Å². The number of nitrogens with zero attached hydrogens (tertiary/aromatic N) is 1. The van der Waals surface area contributed by atoms with Crippen LogP contribution in [0.25, 0.3) is 0 Å². The zero-order chi connectivity index (χ0) is 19.1. The van der Waals surface area contributed by atoms with Crippen molar-refractivity contribution in [3.8, 4) is 5.75 Å². The third-order valence-corrected chi connectivity index (χ3v) is 4.26. The van der Waals surface area contributed by atoms with Crippen molar-refractivity contribution in [2.24, 2.45) is 0 Å². The number of rotatable bonds is 7. The van der Waals surface area contributed by atoms with E-state index in [9.17, 15) is 4.79 Å². The molecule has 138 valence electrons. The fourth-order valence-electron chi connectivity index (χ4n) is 2.76. The molecule has 0 aliphatic rings. The van der Waals surface area contributed by atoms with Gasteiger partial charge in [0.1, 0.15) is 11.6 Å². The maximum atomic E-state index is 12.3. The standard InChI is InChI=1S/C22H23N3O2/c1-16-6-3-4-9-20(16)22(26)25-18-10-11-21(24-15-18)23-13-12-17-7-5-8-19(14-17)27-2/h3-11,14-15H,12-13H2,1-2H3,(H,23,24)(H,25,26). The van der Waals surface area contributed by atoms with E-state index in [0.717, 1.165) is 30.1 Å². The van der Waals surface area contributed by atoms with Gasteiger partial charge in [0.15, 0.2) is 0 Å². The highest BCUT2D eigenvalue weighted by atomic mass is 16.5. The first-order chi connectivity index (χ1) is 13.2. The van der Waals surface area contributed by atoms with E-state index in [4.69, 9.17) is 4.74 Å². The summed E-state index contributed by atoms with van der Waals surface area (Å²) >= 11 is 0. The zero-order valence-corrected chi connectivity index (χ0v) is 15.5. The summed E-state index contributed by atoms with van der Waals surface area (Å²) in [6.45, 7) is 2.68. The number of carbonyl (C=O) groups excluding carboxylic acids is 1. The Morgan fingerprint density at radius 2 is 1.93 bits per heavy atom. The van der Waals surface area contributed by atoms with Gasteiger partial charge in [0.05, 0.1) is 19.0 Å². The number of pyridine rings is 1. The summed E-state index contributed by atoms with van der Waals surface area (Å²) in [7, 11) is 1.67. The van der Waals surface area contributed by atoms with Gasteiger partial charge in [-0.2, -0.15) is 0 Å². The number of hydrogen-bond donors (Lipinski definition) is 2. The monoisotopic (exact) mass is 361 g/mol. The van der Waals surface area contributed by atoms with E-state index in [1.165, 1.54) is 5.56 Å². The molecule has 0 fully saturated rings. The molecule has 0 aliphatic carbocycles. The van der Waals surface area contributed by atoms with E-state index in [1.807, 2.05) is 61.5 Å². The Morgan fingerprint density at radius 3 is 2.67 bits per heavy atom. The number of aromatic nitrogens is 1. The van der Waals surface area contributed by atoms with Gasteiger partial charge < -0.3 is 15.4 Å². The summed E-state index contributed by atoms with van der Waals surface area (Å²) in [6.07, 6.45) is 2.52. The second-order valence-electron chi connectivity index (χ2n) is 6.23. The number of aryl methyl sites for hydroxylation is 1. The first-order valence-electron chi connectivity index (χ1n) is 8.85. The lowest BCUT2D eigenvalue weighted by Gasteiger charge is -2.09. The fraction of sp³-hybridized carbons (Fsp3) is 0.182. The minimum atomic E-state index is -0.131. The number of methoxy groups -OCH3 is 1. The highest BCUT2D eigenvalue weighted by molar-refractivity contribution is 6.05. The van der Waals surface area contributed by atoms with Crippen LogP contribution in [-0.2, 0) is 6.42 Å². The molecule has 0 atom stereocenters. The van der Waals surface area contributed by atoms with Crippen LogP contribution < -0.4 is 15.4 Å². The predicted octanol–water partition coefficient (Wildman–Crippen LogP) is 4.31. The summed E-state index contributed by atoms with van der Waals surface area (Å²) in [5, 5.41) is 6.17. The Morgan fingerprint density at radius 1 is 1.07 bits per heavy atom. The Balaban J connectivity index is 1.52. The average Bonchev–Trinajstić information content (AvgIpc) is 2.70. The van der Waals surface area contributed by atoms with E-state index in [-0.39, 0.29) is 5.91 Å². The number of carbonyl (C=O) groups is 1. The number of ether oxygens (including phenoxy) is 1. The molecule has 2 aromatic carbocycles. The molecule has 27 heavy (non-hydrogen) atoms. The largest absolute Gasteiger partial charge is 0.497 e. The lowest BCUT2D eigenvalue weighted by Crippen LogP contribution is -2.13. The fourth-order valence-corrected chi connectivity index (χ4v) is 2.76. The maximum Gasteiger partial charge on any atom is 0.255 e. The summed E-state index contributed by atoms with van der Waals surface area (Å²) in [5.74, 6) is 1.50. The third kappa shape index (κ3) is 5.07. The lowest BCUT2D eigenvalue weighted by molar-refractivity contribution is 0.102. The summed E-state index contributed by atoms with van der Waals surface area (Å²) < 4.78 is 5.24. The van der Waals surface area contributed by atoms with E-state index in [2.05, 4.69) is 21.7 Å².